The fourth-order valence-corrected chi connectivity index (χ4v) is 0.755. The first-order valence-electron chi connectivity index (χ1n) is 1.98. The van der Waals surface area contributed by atoms with Crippen LogP contribution in [0.25, 0.3) is 0 Å². The summed E-state index contributed by atoms with van der Waals surface area (Å²) in [6.07, 6.45) is 0. The second kappa shape index (κ2) is 0.366. The molecule has 0 aliphatic carbocycles. The van der Waals surface area contributed by atoms with Crippen molar-refractivity contribution in [1.82, 2.24) is 9.85 Å². The quantitative estimate of drug-likeness (QED) is 0.307. The molecule has 4 heteroatoms. The highest BCUT2D eigenvalue weighted by molar-refractivity contribution is 5.89. The smallest absolute Gasteiger partial charge is 0.227 e. The van der Waals surface area contributed by atoms with Crippen molar-refractivity contribution in [3.8, 4) is 0 Å². The maximum atomic E-state index is 4.64. The van der Waals surface area contributed by atoms with Crippen molar-refractivity contribution in [2.45, 2.75) is 0 Å². The highest BCUT2D eigenvalue weighted by Crippen LogP contribution is 2.58. The Hall–Kier alpha value is -1.19. The zero-order valence-electron chi connectivity index (χ0n) is 3.25. The Balaban J connectivity index is 2.83. The molecule has 32 valence electrons. The molecule has 0 atom stereocenters. The summed E-state index contributed by atoms with van der Waals surface area (Å²) in [5.74, 6) is 1.59. The van der Waals surface area contributed by atoms with Gasteiger partial charge in [-0.05, 0) is 5.11 Å². The van der Waals surface area contributed by atoms with Gasteiger partial charge in [-0.25, -0.2) is 4.52 Å². The molecule has 2 aliphatic heterocycles. The van der Waals surface area contributed by atoms with Gasteiger partial charge in [-0.15, -0.1) is 0 Å². The lowest BCUT2D eigenvalue weighted by molar-refractivity contribution is 0.398. The van der Waals surface area contributed by atoms with Crippen molar-refractivity contribution in [2.24, 2.45) is 5.11 Å². The minimum Gasteiger partial charge on any atom is -0.227 e. The SMILES string of the molecule is N1=[N+]2c3noc1c32. The van der Waals surface area contributed by atoms with Crippen molar-refractivity contribution in [3.05, 3.63) is 0 Å². The summed E-state index contributed by atoms with van der Waals surface area (Å²) < 4.78 is 6.39. The fourth-order valence-electron chi connectivity index (χ4n) is 0.755. The van der Waals surface area contributed by atoms with Gasteiger partial charge in [0.15, 0.2) is 5.16 Å². The molecule has 1 aromatic heterocycles. The molecule has 7 heavy (non-hydrogen) atoms. The van der Waals surface area contributed by atoms with Crippen LogP contribution in [0.3, 0.4) is 0 Å². The van der Waals surface area contributed by atoms with Gasteiger partial charge < -0.3 is 0 Å². The first kappa shape index (κ1) is 2.20. The fraction of sp³-hybridized carbons (Fsp3) is 0. The van der Waals surface area contributed by atoms with Crippen LogP contribution in [0.15, 0.2) is 9.64 Å². The Bertz CT molecular complexity index is 263. The van der Waals surface area contributed by atoms with E-state index in [0.717, 1.165) is 11.5 Å². The van der Waals surface area contributed by atoms with Crippen LogP contribution in [0.5, 0.6) is 0 Å². The molecule has 0 saturated heterocycles. The van der Waals surface area contributed by atoms with Crippen molar-refractivity contribution < 1.29 is 4.52 Å². The van der Waals surface area contributed by atoms with E-state index in [1.807, 2.05) is 0 Å². The number of azo groups is 2. The molecule has 1 aromatic rings. The average molecular weight is 94.1 g/mol. The van der Waals surface area contributed by atoms with Gasteiger partial charge in [0.05, 0.1) is 0 Å². The predicted molar refractivity (Wildman–Crippen MR) is 20.0 cm³/mol. The number of rotatable bonds is 0. The normalized spacial score (nSPS) is 17.4. The number of hydrogen-bond donors (Lipinski definition) is 0. The predicted octanol–water partition coefficient (Wildman–Crippen LogP) is 0.920. The molecular formula is C3N3O+. The Kier molecular flexibility index (Phi) is 0.115. The minimum absolute atomic E-state index is 0.690. The highest BCUT2D eigenvalue weighted by atomic mass is 16.5. The molecule has 2 aliphatic rings. The van der Waals surface area contributed by atoms with Crippen LogP contribution in [-0.4, -0.2) is 5.16 Å². The van der Waals surface area contributed by atoms with Crippen LogP contribution in [0.4, 0.5) is 17.4 Å². The lowest BCUT2D eigenvalue weighted by Gasteiger charge is -1.80. The van der Waals surface area contributed by atoms with E-state index in [2.05, 4.69) is 14.8 Å². The third kappa shape index (κ3) is 0.0798. The third-order valence-corrected chi connectivity index (χ3v) is 1.19. The summed E-state index contributed by atoms with van der Waals surface area (Å²) in [6.45, 7) is 0. The zero-order valence-corrected chi connectivity index (χ0v) is 3.25. The third-order valence-electron chi connectivity index (χ3n) is 1.19. The number of hydrogen-bond acceptors (Lipinski definition) is 3. The average Bonchev–Trinajstić information content (AvgIpc) is 2.02. The van der Waals surface area contributed by atoms with Gasteiger partial charge in [-0.2, -0.15) is 0 Å². The molecule has 0 N–H and O–H groups in total. The first-order chi connectivity index (χ1) is 3.47. The topological polar surface area (TPSA) is 41.4 Å². The minimum atomic E-state index is 0.690. The Morgan fingerprint density at radius 1 is 1.57 bits per heavy atom. The molecule has 0 aromatic carbocycles. The van der Waals surface area contributed by atoms with Gasteiger partial charge in [-0.3, -0.25) is 0 Å². The molecule has 0 spiro atoms. The molecule has 3 heterocycles. The van der Waals surface area contributed by atoms with Crippen molar-refractivity contribution in [1.29, 1.82) is 0 Å². The van der Waals surface area contributed by atoms with Crippen LogP contribution in [0.2, 0.25) is 0 Å². The summed E-state index contributed by atoms with van der Waals surface area (Å²) in [5.41, 5.74) is 1.08. The summed E-state index contributed by atoms with van der Waals surface area (Å²) in [5, 5.41) is 7.44. The largest absolute Gasteiger partial charge is 0.452 e. The lowest BCUT2D eigenvalue weighted by atomic mass is 10.7. The molecule has 0 amide bonds. The Morgan fingerprint density at radius 2 is 2.57 bits per heavy atom. The summed E-state index contributed by atoms with van der Waals surface area (Å²) in [7, 11) is 0. The number of aromatic nitrogens is 1. The summed E-state index contributed by atoms with van der Waals surface area (Å²) in [4.78, 5) is 0. The molecule has 0 radical (unpaired) electrons. The van der Waals surface area contributed by atoms with E-state index >= 15 is 0 Å². The van der Waals surface area contributed by atoms with Crippen LogP contribution >= 0.6 is 0 Å². The molecule has 3 rings (SSSR count). The van der Waals surface area contributed by atoms with Crippen LogP contribution in [0.1, 0.15) is 0 Å². The summed E-state index contributed by atoms with van der Waals surface area (Å²) in [6, 6.07) is 0. The van der Waals surface area contributed by atoms with Gasteiger partial charge in [0, 0.05) is 0 Å². The van der Waals surface area contributed by atoms with Crippen molar-refractivity contribution in [3.63, 3.8) is 0 Å². The van der Waals surface area contributed by atoms with E-state index in [1.54, 1.807) is 4.70 Å². The second-order valence-corrected chi connectivity index (χ2v) is 1.57. The van der Waals surface area contributed by atoms with Gasteiger partial charge >= 0.3 is 17.4 Å². The van der Waals surface area contributed by atoms with E-state index < -0.39 is 0 Å². The van der Waals surface area contributed by atoms with E-state index in [-0.39, 0.29) is 0 Å². The lowest BCUT2D eigenvalue weighted by Crippen LogP contribution is -1.85. The maximum absolute atomic E-state index is 4.64. The second-order valence-electron chi connectivity index (χ2n) is 1.57. The van der Waals surface area contributed by atoms with E-state index in [4.69, 9.17) is 0 Å². The molecule has 0 fully saturated rings. The van der Waals surface area contributed by atoms with E-state index in [1.165, 1.54) is 0 Å². The molecule has 0 bridgehead atoms. The maximum Gasteiger partial charge on any atom is 0.452 e. The van der Waals surface area contributed by atoms with Gasteiger partial charge in [0.2, 0.25) is 0 Å². The monoisotopic (exact) mass is 94.0 g/mol. The summed E-state index contributed by atoms with van der Waals surface area (Å²) >= 11 is 0. The molecule has 0 unspecified atom stereocenters. The van der Waals surface area contributed by atoms with Crippen LogP contribution in [0, 0.1) is 0 Å². The zero-order chi connectivity index (χ0) is 4.43. The van der Waals surface area contributed by atoms with Crippen LogP contribution in [-0.2, 0) is 0 Å². The van der Waals surface area contributed by atoms with Gasteiger partial charge in [0.1, 0.15) is 0 Å². The van der Waals surface area contributed by atoms with Crippen LogP contribution < -0.4 is 4.70 Å². The molecular weight excluding hydrogens is 94.1 g/mol. The molecule has 4 nitrogen and oxygen atoms in total. The van der Waals surface area contributed by atoms with Gasteiger partial charge in [-0.1, -0.05) is 4.70 Å². The Morgan fingerprint density at radius 3 is 2.71 bits per heavy atom. The van der Waals surface area contributed by atoms with Crippen molar-refractivity contribution >= 4 is 17.4 Å². The number of nitrogens with zero attached hydrogens (tertiary/aromatic N) is 3. The van der Waals surface area contributed by atoms with E-state index in [9.17, 15) is 0 Å². The van der Waals surface area contributed by atoms with Crippen molar-refractivity contribution in [2.75, 3.05) is 0 Å². The van der Waals surface area contributed by atoms with E-state index in [0.29, 0.717) is 5.88 Å². The first-order valence-corrected chi connectivity index (χ1v) is 1.98. The van der Waals surface area contributed by atoms with Gasteiger partial charge in [0.25, 0.3) is 0 Å². The Labute approximate surface area is 38.0 Å². The molecule has 0 saturated carbocycles. The highest BCUT2D eigenvalue weighted by Gasteiger charge is 2.59. The number of fused-ring (bicyclic) bond motifs is 1. The standard InChI is InChI=1S/C3N3O/c4-3-1-2(5-7-3)6(1)4/q+1.